The fourth-order valence-corrected chi connectivity index (χ4v) is 1.95. The Hall–Kier alpha value is -1.03. The number of carboxylic acids is 1. The molecule has 1 N–H and O–H groups in total. The maximum Gasteiger partial charge on any atom is 0.354 e. The molecule has 0 fully saturated rings. The second-order valence-corrected chi connectivity index (χ2v) is 5.80. The summed E-state index contributed by atoms with van der Waals surface area (Å²) in [4.78, 5) is 15.3. The van der Waals surface area contributed by atoms with Crippen molar-refractivity contribution in [3.63, 3.8) is 0 Å². The molecule has 0 aromatic carbocycles. The lowest BCUT2D eigenvalue weighted by Crippen LogP contribution is -2.07. The van der Waals surface area contributed by atoms with E-state index >= 15 is 0 Å². The fourth-order valence-electron chi connectivity index (χ4n) is 0.945. The second kappa shape index (κ2) is 4.00. The number of hydrogen-bond acceptors (Lipinski definition) is 3. The number of rotatable bonds is 2. The van der Waals surface area contributed by atoms with Gasteiger partial charge in [0.25, 0.3) is 0 Å². The number of thioether (sulfide) groups is 1. The van der Waals surface area contributed by atoms with Crippen LogP contribution in [0.25, 0.3) is 0 Å². The third-order valence-corrected chi connectivity index (χ3v) is 2.48. The van der Waals surface area contributed by atoms with Crippen LogP contribution >= 0.6 is 11.8 Å². The molecule has 76 valence electrons. The van der Waals surface area contributed by atoms with E-state index in [-0.39, 0.29) is 10.4 Å². The first-order valence-electron chi connectivity index (χ1n) is 4.27. The highest BCUT2D eigenvalue weighted by molar-refractivity contribution is 8.00. The van der Waals surface area contributed by atoms with Crippen LogP contribution in [0.1, 0.15) is 31.3 Å². The van der Waals surface area contributed by atoms with E-state index in [1.807, 2.05) is 6.07 Å². The van der Waals surface area contributed by atoms with Crippen LogP contribution in [0.2, 0.25) is 0 Å². The van der Waals surface area contributed by atoms with Crippen molar-refractivity contribution >= 4 is 17.7 Å². The molecular formula is C10H13NO2S. The number of pyridine rings is 1. The Kier molecular flexibility index (Phi) is 3.16. The SMILES string of the molecule is CC(C)(C)Sc1ccnc(C(=O)O)c1. The van der Waals surface area contributed by atoms with Crippen molar-refractivity contribution < 1.29 is 9.90 Å². The summed E-state index contributed by atoms with van der Waals surface area (Å²) in [5.41, 5.74) is 0.0965. The third kappa shape index (κ3) is 3.38. The van der Waals surface area contributed by atoms with E-state index in [0.717, 1.165) is 4.90 Å². The van der Waals surface area contributed by atoms with Gasteiger partial charge in [-0.3, -0.25) is 0 Å². The van der Waals surface area contributed by atoms with Gasteiger partial charge in [-0.05, 0) is 12.1 Å². The van der Waals surface area contributed by atoms with Gasteiger partial charge in [-0.15, -0.1) is 11.8 Å². The largest absolute Gasteiger partial charge is 0.477 e. The molecule has 14 heavy (non-hydrogen) atoms. The number of carbonyl (C=O) groups is 1. The normalized spacial score (nSPS) is 11.4. The summed E-state index contributed by atoms with van der Waals surface area (Å²) in [5, 5.41) is 8.74. The zero-order chi connectivity index (χ0) is 10.8. The molecule has 0 radical (unpaired) electrons. The lowest BCUT2D eigenvalue weighted by atomic mass is 10.3. The summed E-state index contributed by atoms with van der Waals surface area (Å²) < 4.78 is 0.0805. The maximum absolute atomic E-state index is 10.6. The Bertz CT molecular complexity index is 344. The van der Waals surface area contributed by atoms with E-state index in [0.29, 0.717) is 0 Å². The molecule has 0 aliphatic heterocycles. The summed E-state index contributed by atoms with van der Waals surface area (Å²) in [6.45, 7) is 6.25. The van der Waals surface area contributed by atoms with Crippen LogP contribution in [-0.4, -0.2) is 20.8 Å². The van der Waals surface area contributed by atoms with Gasteiger partial charge in [0.05, 0.1) is 0 Å². The molecule has 0 aliphatic carbocycles. The van der Waals surface area contributed by atoms with Gasteiger partial charge >= 0.3 is 5.97 Å². The van der Waals surface area contributed by atoms with Crippen LogP contribution in [0.4, 0.5) is 0 Å². The van der Waals surface area contributed by atoms with Crippen molar-refractivity contribution in [3.8, 4) is 0 Å². The van der Waals surface area contributed by atoms with Crippen LogP contribution in [0.3, 0.4) is 0 Å². The molecule has 0 bridgehead atoms. The molecule has 1 aromatic heterocycles. The molecule has 1 heterocycles. The molecule has 1 aromatic rings. The first-order valence-corrected chi connectivity index (χ1v) is 5.08. The van der Waals surface area contributed by atoms with E-state index in [4.69, 9.17) is 5.11 Å². The predicted octanol–water partition coefficient (Wildman–Crippen LogP) is 2.67. The van der Waals surface area contributed by atoms with Crippen LogP contribution in [0.15, 0.2) is 23.2 Å². The summed E-state index contributed by atoms with van der Waals surface area (Å²) in [6.07, 6.45) is 1.53. The van der Waals surface area contributed by atoms with E-state index in [2.05, 4.69) is 25.8 Å². The first kappa shape index (κ1) is 11.0. The molecule has 0 amide bonds. The van der Waals surface area contributed by atoms with E-state index in [1.165, 1.54) is 6.20 Å². The molecule has 0 saturated heterocycles. The van der Waals surface area contributed by atoms with E-state index in [1.54, 1.807) is 17.8 Å². The quantitative estimate of drug-likeness (QED) is 0.764. The molecule has 0 unspecified atom stereocenters. The Morgan fingerprint density at radius 1 is 1.50 bits per heavy atom. The van der Waals surface area contributed by atoms with Gasteiger partial charge in [-0.25, -0.2) is 9.78 Å². The minimum atomic E-state index is -0.985. The lowest BCUT2D eigenvalue weighted by Gasteiger charge is -2.17. The summed E-state index contributed by atoms with van der Waals surface area (Å²) in [5.74, 6) is -0.985. The number of hydrogen-bond donors (Lipinski definition) is 1. The number of aromatic carboxylic acids is 1. The van der Waals surface area contributed by atoms with Gasteiger partial charge in [0, 0.05) is 15.8 Å². The molecule has 0 spiro atoms. The molecule has 0 saturated carbocycles. The standard InChI is InChI=1S/C10H13NO2S/c1-10(2,3)14-7-4-5-11-8(6-7)9(12)13/h4-6H,1-3H3,(H,12,13). The van der Waals surface area contributed by atoms with Crippen LogP contribution in [0, 0.1) is 0 Å². The lowest BCUT2D eigenvalue weighted by molar-refractivity contribution is 0.0690. The van der Waals surface area contributed by atoms with Crippen LogP contribution < -0.4 is 0 Å². The third-order valence-electron chi connectivity index (χ3n) is 1.37. The number of aromatic nitrogens is 1. The van der Waals surface area contributed by atoms with E-state index < -0.39 is 5.97 Å². The van der Waals surface area contributed by atoms with Crippen molar-refractivity contribution in [2.24, 2.45) is 0 Å². The average molecular weight is 211 g/mol. The van der Waals surface area contributed by atoms with Crippen LogP contribution in [-0.2, 0) is 0 Å². The first-order chi connectivity index (χ1) is 6.38. The van der Waals surface area contributed by atoms with Crippen molar-refractivity contribution in [2.45, 2.75) is 30.4 Å². The molecule has 0 atom stereocenters. The second-order valence-electron chi connectivity index (χ2n) is 3.90. The predicted molar refractivity (Wildman–Crippen MR) is 56.8 cm³/mol. The average Bonchev–Trinajstić information content (AvgIpc) is 2.01. The van der Waals surface area contributed by atoms with Crippen molar-refractivity contribution in [2.75, 3.05) is 0 Å². The summed E-state index contributed by atoms with van der Waals surface area (Å²) in [6, 6.07) is 3.42. The highest BCUT2D eigenvalue weighted by Gasteiger charge is 2.13. The fraction of sp³-hybridized carbons (Fsp3) is 0.400. The Morgan fingerprint density at radius 2 is 2.14 bits per heavy atom. The monoisotopic (exact) mass is 211 g/mol. The molecule has 0 aliphatic rings. The Morgan fingerprint density at radius 3 is 2.64 bits per heavy atom. The molecule has 3 nitrogen and oxygen atoms in total. The topological polar surface area (TPSA) is 50.2 Å². The molecule has 1 rings (SSSR count). The molecular weight excluding hydrogens is 198 g/mol. The zero-order valence-electron chi connectivity index (χ0n) is 8.44. The van der Waals surface area contributed by atoms with Gasteiger partial charge in [0.2, 0.25) is 0 Å². The van der Waals surface area contributed by atoms with Crippen molar-refractivity contribution in [3.05, 3.63) is 24.0 Å². The van der Waals surface area contributed by atoms with Gasteiger partial charge in [-0.1, -0.05) is 20.8 Å². The maximum atomic E-state index is 10.6. The van der Waals surface area contributed by atoms with Gasteiger partial charge in [-0.2, -0.15) is 0 Å². The Balaban J connectivity index is 2.89. The van der Waals surface area contributed by atoms with Gasteiger partial charge in [0.15, 0.2) is 0 Å². The Labute approximate surface area is 87.6 Å². The highest BCUT2D eigenvalue weighted by Crippen LogP contribution is 2.31. The van der Waals surface area contributed by atoms with Crippen molar-refractivity contribution in [1.29, 1.82) is 0 Å². The highest BCUT2D eigenvalue weighted by atomic mass is 32.2. The van der Waals surface area contributed by atoms with Gasteiger partial charge in [0.1, 0.15) is 5.69 Å². The van der Waals surface area contributed by atoms with Gasteiger partial charge < -0.3 is 5.11 Å². The summed E-state index contributed by atoms with van der Waals surface area (Å²) in [7, 11) is 0. The zero-order valence-corrected chi connectivity index (χ0v) is 9.26. The molecule has 4 heteroatoms. The number of nitrogens with zero attached hydrogens (tertiary/aromatic N) is 1. The summed E-state index contributed by atoms with van der Waals surface area (Å²) >= 11 is 1.63. The minimum absolute atomic E-state index is 0.0805. The van der Waals surface area contributed by atoms with Crippen molar-refractivity contribution in [1.82, 2.24) is 4.98 Å². The smallest absolute Gasteiger partial charge is 0.354 e. The minimum Gasteiger partial charge on any atom is -0.477 e. The van der Waals surface area contributed by atoms with E-state index in [9.17, 15) is 4.79 Å². The van der Waals surface area contributed by atoms with Crippen LogP contribution in [0.5, 0.6) is 0 Å². The number of carboxylic acid groups (broad SMARTS) is 1.